The van der Waals surface area contributed by atoms with Crippen LogP contribution in [0.5, 0.6) is 0 Å². The normalized spacial score (nSPS) is 45.0. The molecule has 4 nitrogen and oxygen atoms in total. The van der Waals surface area contributed by atoms with E-state index in [1.165, 1.54) is 51.4 Å². The van der Waals surface area contributed by atoms with Gasteiger partial charge in [0.2, 0.25) is 0 Å². The van der Waals surface area contributed by atoms with Gasteiger partial charge < -0.3 is 14.6 Å². The highest BCUT2D eigenvalue weighted by Crippen LogP contribution is 2.67. The van der Waals surface area contributed by atoms with Crippen LogP contribution in [0.2, 0.25) is 0 Å². The van der Waals surface area contributed by atoms with E-state index in [0.29, 0.717) is 40.1 Å². The predicted octanol–water partition coefficient (Wildman–Crippen LogP) is 8.96. The van der Waals surface area contributed by atoms with E-state index in [0.717, 1.165) is 49.9 Å². The lowest BCUT2D eigenvalue weighted by Crippen LogP contribution is -2.54. The molecule has 4 aliphatic carbocycles. The first-order valence-electron chi connectivity index (χ1n) is 17.5. The number of benzene rings is 1. The molecule has 6 aliphatic rings. The third-order valence-electron chi connectivity index (χ3n) is 14.6. The van der Waals surface area contributed by atoms with Crippen molar-refractivity contribution < 1.29 is 19.4 Å². The number of aldehydes is 1. The first-order chi connectivity index (χ1) is 20.3. The molecule has 1 aromatic carbocycles. The number of aliphatic hydroxyl groups is 1. The number of ether oxygens (including phenoxy) is 2. The second-order valence-corrected chi connectivity index (χ2v) is 17.7. The average Bonchev–Trinajstić information content (AvgIpc) is 3.87. The summed E-state index contributed by atoms with van der Waals surface area (Å²) < 4.78 is 12.5. The van der Waals surface area contributed by atoms with Gasteiger partial charge in [0.1, 0.15) is 0 Å². The van der Waals surface area contributed by atoms with Crippen LogP contribution < -0.4 is 0 Å². The highest BCUT2D eigenvalue weighted by molar-refractivity contribution is 5.82. The molecule has 2 aliphatic heterocycles. The SMILES string of the molecule is CC1(C)CCC[C@@]2(C)[C@H]1CC[C@@]1(CO1)[C@@H]2/C=C/c1cc([C@H](O)C[C@H]2[C@@]3(CC[C@H]4C(C)(C)CCC[C@@]42C)CO3)ccc1C=O. The molecule has 4 heteroatoms. The molecule has 0 aromatic heterocycles. The molecule has 43 heavy (non-hydrogen) atoms. The minimum Gasteiger partial charge on any atom is -0.388 e. The fourth-order valence-corrected chi connectivity index (χ4v) is 12.2. The first-order valence-corrected chi connectivity index (χ1v) is 17.5. The quantitative estimate of drug-likeness (QED) is 0.266. The summed E-state index contributed by atoms with van der Waals surface area (Å²) in [4.78, 5) is 12.2. The maximum atomic E-state index is 12.2. The molecule has 0 unspecified atom stereocenters. The van der Waals surface area contributed by atoms with Crippen molar-refractivity contribution in [2.24, 2.45) is 45.3 Å². The number of rotatable bonds is 6. The molecule has 0 radical (unpaired) electrons. The Kier molecular flexibility index (Phi) is 7.02. The number of epoxide rings is 2. The Morgan fingerprint density at radius 1 is 0.814 bits per heavy atom. The average molecular weight is 589 g/mol. The molecule has 7 rings (SSSR count). The molecule has 0 amide bonds. The molecule has 1 aromatic rings. The number of hydrogen-bond donors (Lipinski definition) is 1. The number of carbonyl (C=O) groups is 1. The van der Waals surface area contributed by atoms with Crippen molar-refractivity contribution in [3.8, 4) is 0 Å². The standard InChI is InChI=1S/C39H56O4/c1-34(2)15-7-17-36(5)30(34)13-19-38(24-42-38)32(36)12-11-26-21-27(9-10-28(26)23-40)29(41)22-33-37(6)18-8-16-35(3,4)31(37)14-20-39(33)25-43-39/h9-12,21,23,29-33,41H,7-8,13-20,22,24-25H2,1-6H3/b12-11+/t29-,30+,31+,32-,33-,36+,37+,38-,39-/m1/s1. The number of carbonyl (C=O) groups excluding carboxylic acids is 1. The van der Waals surface area contributed by atoms with Gasteiger partial charge in [-0.2, -0.15) is 0 Å². The summed E-state index contributed by atoms with van der Waals surface area (Å²) in [6.45, 7) is 16.6. The maximum absolute atomic E-state index is 12.2. The molecule has 1 N–H and O–H groups in total. The molecule has 2 spiro atoms. The number of fused-ring (bicyclic) bond motifs is 2. The first kappa shape index (κ1) is 30.2. The van der Waals surface area contributed by atoms with Gasteiger partial charge in [-0.1, -0.05) is 78.7 Å². The van der Waals surface area contributed by atoms with Gasteiger partial charge in [0.25, 0.3) is 0 Å². The predicted molar refractivity (Wildman–Crippen MR) is 172 cm³/mol. The zero-order valence-corrected chi connectivity index (χ0v) is 27.7. The van der Waals surface area contributed by atoms with Gasteiger partial charge in [0, 0.05) is 11.5 Å². The van der Waals surface area contributed by atoms with Crippen LogP contribution in [0.15, 0.2) is 24.3 Å². The molecule has 0 bridgehead atoms. The number of aliphatic hydroxyl groups excluding tert-OH is 1. The Morgan fingerprint density at radius 3 is 2.00 bits per heavy atom. The van der Waals surface area contributed by atoms with Crippen LogP contribution >= 0.6 is 0 Å². The van der Waals surface area contributed by atoms with E-state index in [4.69, 9.17) is 9.47 Å². The van der Waals surface area contributed by atoms with E-state index < -0.39 is 6.10 Å². The summed E-state index contributed by atoms with van der Waals surface area (Å²) in [5.41, 5.74) is 3.52. The van der Waals surface area contributed by atoms with Crippen molar-refractivity contribution in [3.05, 3.63) is 41.0 Å². The van der Waals surface area contributed by atoms with Crippen LogP contribution in [0, 0.1) is 45.3 Å². The summed E-state index contributed by atoms with van der Waals surface area (Å²) in [5, 5.41) is 11.8. The minimum absolute atomic E-state index is 0.0348. The molecule has 236 valence electrons. The Hall–Kier alpha value is -1.49. The van der Waals surface area contributed by atoms with Gasteiger partial charge in [0.15, 0.2) is 6.29 Å². The van der Waals surface area contributed by atoms with Gasteiger partial charge in [-0.3, -0.25) is 4.79 Å². The van der Waals surface area contributed by atoms with E-state index in [2.05, 4.69) is 59.8 Å². The van der Waals surface area contributed by atoms with E-state index in [1.54, 1.807) is 0 Å². The highest BCUT2D eigenvalue weighted by Gasteiger charge is 2.66. The van der Waals surface area contributed by atoms with E-state index in [-0.39, 0.29) is 22.0 Å². The van der Waals surface area contributed by atoms with Crippen molar-refractivity contribution in [2.75, 3.05) is 13.2 Å². The lowest BCUT2D eigenvalue weighted by Gasteiger charge is -2.59. The summed E-state index contributed by atoms with van der Waals surface area (Å²) in [5.74, 6) is 2.03. The molecular weight excluding hydrogens is 532 g/mol. The van der Waals surface area contributed by atoms with Crippen LogP contribution in [-0.2, 0) is 9.47 Å². The molecule has 2 heterocycles. The van der Waals surface area contributed by atoms with Crippen molar-refractivity contribution in [1.29, 1.82) is 0 Å². The Bertz CT molecular complexity index is 1280. The van der Waals surface area contributed by atoms with E-state index in [9.17, 15) is 9.90 Å². The largest absolute Gasteiger partial charge is 0.388 e. The highest BCUT2D eigenvalue weighted by atomic mass is 16.6. The summed E-state index contributed by atoms with van der Waals surface area (Å²) in [6.07, 6.45) is 18.0. The van der Waals surface area contributed by atoms with Crippen molar-refractivity contribution >= 4 is 12.4 Å². The Morgan fingerprint density at radius 2 is 1.40 bits per heavy atom. The van der Waals surface area contributed by atoms with Crippen LogP contribution in [0.25, 0.3) is 6.08 Å². The molecule has 2 saturated heterocycles. The molecule has 6 fully saturated rings. The Labute approximate surface area is 260 Å². The van der Waals surface area contributed by atoms with Crippen molar-refractivity contribution in [3.63, 3.8) is 0 Å². The maximum Gasteiger partial charge on any atom is 0.150 e. The topological polar surface area (TPSA) is 62.4 Å². The summed E-state index contributed by atoms with van der Waals surface area (Å²) in [7, 11) is 0. The number of hydrogen-bond acceptors (Lipinski definition) is 4. The van der Waals surface area contributed by atoms with Crippen molar-refractivity contribution in [2.45, 2.75) is 129 Å². The zero-order chi connectivity index (χ0) is 30.5. The van der Waals surface area contributed by atoms with E-state index in [1.807, 2.05) is 12.1 Å². The van der Waals surface area contributed by atoms with Crippen LogP contribution in [-0.4, -0.2) is 35.8 Å². The third kappa shape index (κ3) is 4.75. The third-order valence-corrected chi connectivity index (χ3v) is 14.6. The lowest BCUT2D eigenvalue weighted by molar-refractivity contribution is -0.117. The van der Waals surface area contributed by atoms with Crippen LogP contribution in [0.1, 0.15) is 140 Å². The van der Waals surface area contributed by atoms with Gasteiger partial charge in [-0.15, -0.1) is 0 Å². The lowest BCUT2D eigenvalue weighted by atomic mass is 9.45. The summed E-state index contributed by atoms with van der Waals surface area (Å²) in [6, 6.07) is 5.99. The van der Waals surface area contributed by atoms with Gasteiger partial charge in [-0.25, -0.2) is 0 Å². The zero-order valence-electron chi connectivity index (χ0n) is 27.7. The fourth-order valence-electron chi connectivity index (χ4n) is 12.2. The second-order valence-electron chi connectivity index (χ2n) is 17.7. The van der Waals surface area contributed by atoms with Gasteiger partial charge >= 0.3 is 0 Å². The second kappa shape index (κ2) is 10.0. The molecular formula is C39H56O4. The smallest absolute Gasteiger partial charge is 0.150 e. The van der Waals surface area contributed by atoms with Gasteiger partial charge in [-0.05, 0) is 114 Å². The fraction of sp³-hybridized carbons (Fsp3) is 0.769. The van der Waals surface area contributed by atoms with Crippen LogP contribution in [0.3, 0.4) is 0 Å². The van der Waals surface area contributed by atoms with Crippen molar-refractivity contribution in [1.82, 2.24) is 0 Å². The minimum atomic E-state index is -0.576. The summed E-state index contributed by atoms with van der Waals surface area (Å²) >= 11 is 0. The molecule has 4 saturated carbocycles. The van der Waals surface area contributed by atoms with Crippen LogP contribution in [0.4, 0.5) is 0 Å². The van der Waals surface area contributed by atoms with Gasteiger partial charge in [0.05, 0.1) is 30.5 Å². The molecule has 9 atom stereocenters. The monoisotopic (exact) mass is 588 g/mol. The van der Waals surface area contributed by atoms with E-state index >= 15 is 0 Å². The Balaban J connectivity index is 1.17.